The molecule has 1 aromatic carbocycles. The highest BCUT2D eigenvalue weighted by molar-refractivity contribution is 5.87. The predicted molar refractivity (Wildman–Crippen MR) is 68.8 cm³/mol. The molecule has 5 heteroatoms. The van der Waals surface area contributed by atoms with Gasteiger partial charge in [-0.3, -0.25) is 5.32 Å². The number of nitrogens with zero attached hydrogens (tertiary/aromatic N) is 1. The zero-order valence-corrected chi connectivity index (χ0v) is 10.5. The molecule has 0 saturated heterocycles. The largest absolute Gasteiger partial charge is 0.449 e. The molecule has 96 valence electrons. The van der Waals surface area contributed by atoms with Gasteiger partial charge in [0.1, 0.15) is 0 Å². The molecule has 1 aromatic rings. The van der Waals surface area contributed by atoms with Crippen LogP contribution in [0.25, 0.3) is 0 Å². The van der Waals surface area contributed by atoms with Gasteiger partial charge >= 0.3 is 6.09 Å². The maximum Gasteiger partial charge on any atom is 0.411 e. The number of hydrogen-bond acceptors (Lipinski definition) is 4. The molecule has 1 rings (SSSR count). The van der Waals surface area contributed by atoms with Crippen molar-refractivity contribution in [3.8, 4) is 0 Å². The Morgan fingerprint density at radius 1 is 1.50 bits per heavy atom. The van der Waals surface area contributed by atoms with Gasteiger partial charge in [0.25, 0.3) is 0 Å². The van der Waals surface area contributed by atoms with E-state index in [1.807, 2.05) is 6.92 Å². The van der Waals surface area contributed by atoms with E-state index in [4.69, 9.17) is 4.74 Å². The number of ether oxygens (including phenoxy) is 1. The summed E-state index contributed by atoms with van der Waals surface area (Å²) in [6.07, 6.45) is 2.78. The van der Waals surface area contributed by atoms with Crippen LogP contribution in [-0.2, 0) is 9.53 Å². The molecule has 0 spiro atoms. The van der Waals surface area contributed by atoms with E-state index in [-0.39, 0.29) is 0 Å². The first-order valence-electron chi connectivity index (χ1n) is 5.80. The minimum atomic E-state index is -0.501. The molecule has 1 amide bonds. The van der Waals surface area contributed by atoms with Crippen LogP contribution in [0.5, 0.6) is 0 Å². The molecule has 0 fully saturated rings. The average molecular weight is 248 g/mol. The second kappa shape index (κ2) is 7.25. The van der Waals surface area contributed by atoms with Crippen LogP contribution in [0.15, 0.2) is 23.2 Å². The smallest absolute Gasteiger partial charge is 0.411 e. The summed E-state index contributed by atoms with van der Waals surface area (Å²) in [5.41, 5.74) is 1.76. The van der Waals surface area contributed by atoms with Crippen molar-refractivity contribution in [2.45, 2.75) is 26.7 Å². The van der Waals surface area contributed by atoms with Crippen LogP contribution in [0.2, 0.25) is 0 Å². The first-order valence-corrected chi connectivity index (χ1v) is 5.80. The van der Waals surface area contributed by atoms with Crippen molar-refractivity contribution in [3.63, 3.8) is 0 Å². The predicted octanol–water partition coefficient (Wildman–Crippen LogP) is 3.31. The van der Waals surface area contributed by atoms with E-state index in [1.165, 1.54) is 6.08 Å². The third-order valence-electron chi connectivity index (χ3n) is 2.44. The average Bonchev–Trinajstić information content (AvgIpc) is 2.35. The fourth-order valence-electron chi connectivity index (χ4n) is 1.38. The molecular weight excluding hydrogens is 232 g/mol. The fourth-order valence-corrected chi connectivity index (χ4v) is 1.38. The summed E-state index contributed by atoms with van der Waals surface area (Å²) in [6, 6.07) is 5.10. The molecule has 0 heterocycles. The van der Waals surface area contributed by atoms with Gasteiger partial charge in [0.2, 0.25) is 6.08 Å². The fraction of sp³-hybridized carbons (Fsp3) is 0.385. The van der Waals surface area contributed by atoms with Crippen molar-refractivity contribution < 1.29 is 14.3 Å². The van der Waals surface area contributed by atoms with Crippen molar-refractivity contribution in [1.82, 2.24) is 0 Å². The van der Waals surface area contributed by atoms with E-state index >= 15 is 0 Å². The second-order valence-corrected chi connectivity index (χ2v) is 3.77. The Morgan fingerprint density at radius 2 is 2.28 bits per heavy atom. The lowest BCUT2D eigenvalue weighted by atomic mass is 10.1. The zero-order chi connectivity index (χ0) is 13.4. The summed E-state index contributed by atoms with van der Waals surface area (Å²) < 4.78 is 4.98. The summed E-state index contributed by atoms with van der Waals surface area (Å²) in [5, 5.41) is 2.62. The third-order valence-corrected chi connectivity index (χ3v) is 2.44. The Labute approximate surface area is 106 Å². The van der Waals surface area contributed by atoms with E-state index in [0.717, 1.165) is 12.8 Å². The number of isocyanates is 1. The summed E-state index contributed by atoms with van der Waals surface area (Å²) >= 11 is 0. The van der Waals surface area contributed by atoms with Crippen LogP contribution in [-0.4, -0.2) is 18.8 Å². The lowest BCUT2D eigenvalue weighted by molar-refractivity contribution is 0.160. The number of benzene rings is 1. The van der Waals surface area contributed by atoms with Gasteiger partial charge in [-0.05, 0) is 31.0 Å². The molecule has 0 radical (unpaired) electrons. The maximum atomic E-state index is 11.5. The van der Waals surface area contributed by atoms with Crippen LogP contribution >= 0.6 is 0 Å². The Morgan fingerprint density at radius 3 is 2.94 bits per heavy atom. The van der Waals surface area contributed by atoms with Crippen molar-refractivity contribution in [2.75, 3.05) is 11.9 Å². The Kier molecular flexibility index (Phi) is 5.61. The quantitative estimate of drug-likeness (QED) is 0.493. The molecule has 0 bridgehead atoms. The molecule has 0 unspecified atom stereocenters. The van der Waals surface area contributed by atoms with Gasteiger partial charge in [-0.25, -0.2) is 9.59 Å². The molecule has 0 aliphatic carbocycles. The Hall–Kier alpha value is -2.13. The molecule has 5 nitrogen and oxygen atoms in total. The summed E-state index contributed by atoms with van der Waals surface area (Å²) in [7, 11) is 0. The lowest BCUT2D eigenvalue weighted by Crippen LogP contribution is -2.15. The Balaban J connectivity index is 2.69. The van der Waals surface area contributed by atoms with E-state index in [0.29, 0.717) is 23.5 Å². The second-order valence-electron chi connectivity index (χ2n) is 3.77. The number of hydrogen-bond donors (Lipinski definition) is 1. The highest BCUT2D eigenvalue weighted by Gasteiger charge is 2.07. The van der Waals surface area contributed by atoms with Crippen molar-refractivity contribution in [2.24, 2.45) is 4.99 Å². The standard InChI is InChI=1S/C13H16N2O3/c1-3-4-8-18-13(17)15-12-7-5-6-11(10(12)2)14-9-16/h5-7H,3-4,8H2,1-2H3,(H,15,17). The molecule has 18 heavy (non-hydrogen) atoms. The third kappa shape index (κ3) is 4.03. The number of anilines is 1. The van der Waals surface area contributed by atoms with Gasteiger partial charge in [0.15, 0.2) is 0 Å². The topological polar surface area (TPSA) is 67.8 Å². The number of rotatable bonds is 5. The highest BCUT2D eigenvalue weighted by atomic mass is 16.5. The summed E-state index contributed by atoms with van der Waals surface area (Å²) in [5.74, 6) is 0. The van der Waals surface area contributed by atoms with Gasteiger partial charge in [-0.15, -0.1) is 0 Å². The van der Waals surface area contributed by atoms with Crippen LogP contribution < -0.4 is 5.32 Å². The van der Waals surface area contributed by atoms with Gasteiger partial charge in [-0.2, -0.15) is 4.99 Å². The molecule has 0 saturated carbocycles. The number of carbonyl (C=O) groups excluding carboxylic acids is 2. The minimum Gasteiger partial charge on any atom is -0.449 e. The number of aliphatic imine (C=N–C) groups is 1. The normalized spacial score (nSPS) is 9.44. The summed E-state index contributed by atoms with van der Waals surface area (Å²) in [4.78, 5) is 25.2. The first-order chi connectivity index (χ1) is 8.69. The number of nitrogens with one attached hydrogen (secondary N) is 1. The van der Waals surface area contributed by atoms with Crippen molar-refractivity contribution >= 4 is 23.5 Å². The monoisotopic (exact) mass is 248 g/mol. The first kappa shape index (κ1) is 13.9. The van der Waals surface area contributed by atoms with E-state index in [9.17, 15) is 9.59 Å². The van der Waals surface area contributed by atoms with E-state index in [1.54, 1.807) is 25.1 Å². The summed E-state index contributed by atoms with van der Waals surface area (Å²) in [6.45, 7) is 4.18. The molecule has 0 aliphatic rings. The number of carbonyl (C=O) groups is 1. The van der Waals surface area contributed by atoms with Gasteiger partial charge < -0.3 is 4.74 Å². The number of amides is 1. The van der Waals surface area contributed by atoms with Crippen LogP contribution in [0, 0.1) is 6.92 Å². The van der Waals surface area contributed by atoms with Crippen LogP contribution in [0.3, 0.4) is 0 Å². The van der Waals surface area contributed by atoms with Gasteiger partial charge in [0, 0.05) is 5.69 Å². The van der Waals surface area contributed by atoms with Crippen molar-refractivity contribution in [1.29, 1.82) is 0 Å². The molecule has 0 aromatic heterocycles. The van der Waals surface area contributed by atoms with Crippen LogP contribution in [0.4, 0.5) is 16.2 Å². The molecular formula is C13H16N2O3. The Bertz CT molecular complexity index is 465. The van der Waals surface area contributed by atoms with Gasteiger partial charge in [0.05, 0.1) is 12.3 Å². The molecule has 1 N–H and O–H groups in total. The van der Waals surface area contributed by atoms with E-state index < -0.39 is 6.09 Å². The number of unbranched alkanes of at least 4 members (excludes halogenated alkanes) is 1. The van der Waals surface area contributed by atoms with Crippen molar-refractivity contribution in [3.05, 3.63) is 23.8 Å². The molecule has 0 aliphatic heterocycles. The molecule has 0 atom stereocenters. The minimum absolute atomic E-state index is 0.396. The maximum absolute atomic E-state index is 11.5. The SMILES string of the molecule is CCCCOC(=O)Nc1cccc(N=C=O)c1C. The zero-order valence-electron chi connectivity index (χ0n) is 10.5. The van der Waals surface area contributed by atoms with Gasteiger partial charge in [-0.1, -0.05) is 19.4 Å². The highest BCUT2D eigenvalue weighted by Crippen LogP contribution is 2.25. The lowest BCUT2D eigenvalue weighted by Gasteiger charge is -2.09. The van der Waals surface area contributed by atoms with Crippen LogP contribution in [0.1, 0.15) is 25.3 Å². The van der Waals surface area contributed by atoms with E-state index in [2.05, 4.69) is 10.3 Å².